The van der Waals surface area contributed by atoms with E-state index in [-0.39, 0.29) is 5.97 Å². The molecule has 0 unspecified atom stereocenters. The Balaban J connectivity index is 1.71. The van der Waals surface area contributed by atoms with Gasteiger partial charge < -0.3 is 4.74 Å². The molecule has 26 heavy (non-hydrogen) atoms. The molecular formula is C21H16N2O2S. The number of esters is 1. The van der Waals surface area contributed by atoms with Gasteiger partial charge in [0.1, 0.15) is 0 Å². The maximum atomic E-state index is 11.7. The third-order valence-electron chi connectivity index (χ3n) is 3.91. The Labute approximate surface area is 154 Å². The first-order chi connectivity index (χ1) is 12.7. The quantitative estimate of drug-likeness (QED) is 0.389. The summed E-state index contributed by atoms with van der Waals surface area (Å²) in [5.74, 6) is -0.315. The van der Waals surface area contributed by atoms with Crippen molar-refractivity contribution in [3.05, 3.63) is 77.7 Å². The van der Waals surface area contributed by atoms with E-state index in [0.29, 0.717) is 12.2 Å². The van der Waals surface area contributed by atoms with Crippen LogP contribution in [0.2, 0.25) is 0 Å². The highest BCUT2D eigenvalue weighted by atomic mass is 32.1. The minimum Gasteiger partial charge on any atom is -0.462 e. The van der Waals surface area contributed by atoms with Crippen LogP contribution in [-0.4, -0.2) is 17.6 Å². The van der Waals surface area contributed by atoms with Crippen molar-refractivity contribution in [2.24, 2.45) is 4.99 Å². The summed E-state index contributed by atoms with van der Waals surface area (Å²) in [6, 6.07) is 21.2. The van der Waals surface area contributed by atoms with Crippen LogP contribution in [0.1, 0.15) is 17.3 Å². The van der Waals surface area contributed by atoms with Crippen LogP contribution in [0, 0.1) is 0 Å². The van der Waals surface area contributed by atoms with E-state index in [2.05, 4.69) is 11.1 Å². The zero-order valence-electron chi connectivity index (χ0n) is 14.2. The lowest BCUT2D eigenvalue weighted by molar-refractivity contribution is 0.0526. The summed E-state index contributed by atoms with van der Waals surface area (Å²) in [5, 5.41) is 0.856. The fourth-order valence-electron chi connectivity index (χ4n) is 2.67. The highest BCUT2D eigenvalue weighted by Crippen LogP contribution is 2.29. The largest absolute Gasteiger partial charge is 0.462 e. The molecule has 5 heteroatoms. The van der Waals surface area contributed by atoms with Gasteiger partial charge in [-0.05, 0) is 61.5 Å². The number of aromatic nitrogens is 1. The molecule has 0 radical (unpaired) electrons. The first kappa shape index (κ1) is 16.4. The molecule has 0 atom stereocenters. The molecule has 4 rings (SSSR count). The molecule has 1 aliphatic heterocycles. The topological polar surface area (TPSA) is 51.5 Å². The smallest absolute Gasteiger partial charge is 0.338 e. The molecule has 0 N–H and O–H groups in total. The summed E-state index contributed by atoms with van der Waals surface area (Å²) in [4.78, 5) is 22.1. The molecule has 0 amide bonds. The number of para-hydroxylation sites is 1. The minimum absolute atomic E-state index is 0.315. The van der Waals surface area contributed by atoms with Crippen LogP contribution in [0.15, 0.2) is 71.7 Å². The van der Waals surface area contributed by atoms with Gasteiger partial charge in [-0.25, -0.2) is 14.8 Å². The van der Waals surface area contributed by atoms with Gasteiger partial charge >= 0.3 is 5.97 Å². The second kappa shape index (κ2) is 7.06. The maximum absolute atomic E-state index is 11.7. The van der Waals surface area contributed by atoms with Gasteiger partial charge in [0.25, 0.3) is 0 Å². The molecule has 4 nitrogen and oxygen atoms in total. The van der Waals surface area contributed by atoms with Crippen LogP contribution in [0.4, 0.5) is 5.69 Å². The van der Waals surface area contributed by atoms with Gasteiger partial charge in [0, 0.05) is 0 Å². The lowest BCUT2D eigenvalue weighted by atomic mass is 10.2. The fraction of sp³-hybridized carbons (Fsp3) is 0.0952. The van der Waals surface area contributed by atoms with Gasteiger partial charge in [0.2, 0.25) is 0 Å². The summed E-state index contributed by atoms with van der Waals surface area (Å²) >= 11 is 1.70. The standard InChI is InChI=1S/C21H16N2O2S/c1-2-25-21(24)14-7-9-15(10-8-14)22-16-11-12-18-20(13-16)26-19-6-4-3-5-17(19)23-18/h3-13H,2H2,1H3. The summed E-state index contributed by atoms with van der Waals surface area (Å²) in [5.41, 5.74) is 3.29. The van der Waals surface area contributed by atoms with Crippen molar-refractivity contribution in [1.29, 1.82) is 0 Å². The Hall–Kier alpha value is -3.05. The second-order valence-electron chi connectivity index (χ2n) is 5.71. The summed E-state index contributed by atoms with van der Waals surface area (Å²) < 4.78 is 6.14. The fourth-order valence-corrected chi connectivity index (χ4v) is 3.67. The van der Waals surface area contributed by atoms with Crippen molar-refractivity contribution in [3.8, 4) is 10.6 Å². The molecule has 0 saturated heterocycles. The van der Waals surface area contributed by atoms with Crippen molar-refractivity contribution in [3.63, 3.8) is 0 Å². The third kappa shape index (κ3) is 3.34. The van der Waals surface area contributed by atoms with E-state index in [4.69, 9.17) is 9.72 Å². The van der Waals surface area contributed by atoms with Crippen molar-refractivity contribution in [2.45, 2.75) is 6.92 Å². The molecule has 128 valence electrons. The lowest BCUT2D eigenvalue weighted by Gasteiger charge is -2.05. The number of rotatable bonds is 3. The highest BCUT2D eigenvalue weighted by Gasteiger charge is 2.07. The third-order valence-corrected chi connectivity index (χ3v) is 5.02. The second-order valence-corrected chi connectivity index (χ2v) is 6.80. The summed E-state index contributed by atoms with van der Waals surface area (Å²) in [6.07, 6.45) is 0. The normalized spacial score (nSPS) is 11.8. The number of benzene rings is 3. The Morgan fingerprint density at radius 2 is 1.88 bits per heavy atom. The Bertz CT molecular complexity index is 1120. The molecule has 0 spiro atoms. The number of carbonyl (C=O) groups excluding carboxylic acids is 1. The highest BCUT2D eigenvalue weighted by molar-refractivity contribution is 7.21. The van der Waals surface area contributed by atoms with Crippen LogP contribution >= 0.6 is 11.3 Å². The van der Waals surface area contributed by atoms with E-state index in [0.717, 1.165) is 31.8 Å². The number of ether oxygens (including phenoxy) is 1. The van der Waals surface area contributed by atoms with Gasteiger partial charge in [-0.2, -0.15) is 0 Å². The van der Waals surface area contributed by atoms with Gasteiger partial charge in [-0.3, -0.25) is 0 Å². The van der Waals surface area contributed by atoms with Gasteiger partial charge in [-0.15, -0.1) is 11.3 Å². The monoisotopic (exact) mass is 360 g/mol. The molecule has 1 heterocycles. The number of nitrogens with zero attached hydrogens (tertiary/aromatic N) is 2. The maximum Gasteiger partial charge on any atom is 0.338 e. The molecule has 0 bridgehead atoms. The van der Waals surface area contributed by atoms with Crippen LogP contribution in [0.3, 0.4) is 0 Å². The number of hydrogen-bond donors (Lipinski definition) is 0. The van der Waals surface area contributed by atoms with Crippen LogP contribution in [0.25, 0.3) is 20.8 Å². The van der Waals surface area contributed by atoms with E-state index in [9.17, 15) is 4.79 Å². The zero-order chi connectivity index (χ0) is 17.9. The minimum atomic E-state index is -0.315. The lowest BCUT2D eigenvalue weighted by Crippen LogP contribution is -2.04. The number of carbonyl (C=O) groups is 1. The van der Waals surface area contributed by atoms with Gasteiger partial charge in [-0.1, -0.05) is 12.1 Å². The van der Waals surface area contributed by atoms with Crippen molar-refractivity contribution < 1.29 is 9.53 Å². The van der Waals surface area contributed by atoms with E-state index < -0.39 is 0 Å². The van der Waals surface area contributed by atoms with Crippen LogP contribution in [0.5, 0.6) is 0 Å². The van der Waals surface area contributed by atoms with E-state index in [1.54, 1.807) is 30.4 Å². The molecule has 0 aromatic heterocycles. The summed E-state index contributed by atoms with van der Waals surface area (Å²) in [6.45, 7) is 2.16. The molecule has 2 aromatic carbocycles. The van der Waals surface area contributed by atoms with E-state index >= 15 is 0 Å². The predicted octanol–water partition coefficient (Wildman–Crippen LogP) is 4.81. The summed E-state index contributed by atoms with van der Waals surface area (Å²) in [7, 11) is 0. The van der Waals surface area contributed by atoms with Crippen molar-refractivity contribution >= 4 is 33.2 Å². The Morgan fingerprint density at radius 3 is 2.69 bits per heavy atom. The van der Waals surface area contributed by atoms with Crippen LogP contribution in [-0.2, 0) is 4.74 Å². The van der Waals surface area contributed by atoms with Gasteiger partial charge in [0.05, 0.1) is 44.0 Å². The van der Waals surface area contributed by atoms with Gasteiger partial charge in [0.15, 0.2) is 0 Å². The average molecular weight is 360 g/mol. The molecular weight excluding hydrogens is 344 g/mol. The first-order valence-electron chi connectivity index (χ1n) is 8.34. The molecule has 2 aromatic rings. The first-order valence-corrected chi connectivity index (χ1v) is 9.16. The van der Waals surface area contributed by atoms with E-state index in [1.165, 1.54) is 0 Å². The predicted molar refractivity (Wildman–Crippen MR) is 104 cm³/mol. The number of hydrogen-bond acceptors (Lipinski definition) is 5. The van der Waals surface area contributed by atoms with Crippen molar-refractivity contribution in [2.75, 3.05) is 6.61 Å². The Kier molecular flexibility index (Phi) is 4.46. The SMILES string of the molecule is CCOC(=O)c1ccc(N=c2ccc3nc4ccccc4sc-3c2)cc1. The average Bonchev–Trinajstić information content (AvgIpc) is 2.67. The molecule has 1 aliphatic carbocycles. The van der Waals surface area contributed by atoms with E-state index in [1.807, 2.05) is 48.5 Å². The molecule has 0 saturated carbocycles. The number of fused-ring (bicyclic) bond motifs is 2. The molecule has 2 aliphatic rings. The van der Waals surface area contributed by atoms with Crippen molar-refractivity contribution in [1.82, 2.24) is 4.98 Å². The molecule has 0 fully saturated rings. The van der Waals surface area contributed by atoms with Crippen LogP contribution < -0.4 is 5.36 Å². The zero-order valence-corrected chi connectivity index (χ0v) is 15.0. The Morgan fingerprint density at radius 1 is 1.08 bits per heavy atom.